The van der Waals surface area contributed by atoms with Gasteiger partial charge >= 0.3 is 0 Å². The molecule has 0 atom stereocenters. The van der Waals surface area contributed by atoms with Gasteiger partial charge in [-0.05, 0) is 42.7 Å². The number of hydrogen-bond donors (Lipinski definition) is 0. The summed E-state index contributed by atoms with van der Waals surface area (Å²) in [5.41, 5.74) is 3.29. The Balaban J connectivity index is 1.75. The number of benzene rings is 2. The fourth-order valence-corrected chi connectivity index (χ4v) is 3.83. The lowest BCUT2D eigenvalue weighted by Crippen LogP contribution is -2.18. The summed E-state index contributed by atoms with van der Waals surface area (Å²) < 4.78 is 20.1. The van der Waals surface area contributed by atoms with Crippen LogP contribution in [0.5, 0.6) is 5.75 Å². The van der Waals surface area contributed by atoms with Crippen molar-refractivity contribution in [2.24, 2.45) is 4.99 Å². The van der Waals surface area contributed by atoms with Crippen molar-refractivity contribution < 1.29 is 9.13 Å². The first-order chi connectivity index (χ1) is 13.7. The van der Waals surface area contributed by atoms with Crippen molar-refractivity contribution in [3.63, 3.8) is 0 Å². The van der Waals surface area contributed by atoms with Crippen molar-refractivity contribution in [3.05, 3.63) is 59.7 Å². The van der Waals surface area contributed by atoms with Crippen LogP contribution in [0.1, 0.15) is 17.8 Å². The summed E-state index contributed by atoms with van der Waals surface area (Å²) in [4.78, 5) is 15.9. The zero-order valence-corrected chi connectivity index (χ0v) is 15.5. The molecule has 2 aliphatic heterocycles. The number of ether oxygens (including phenoxy) is 1. The van der Waals surface area contributed by atoms with E-state index in [0.717, 1.165) is 47.2 Å². The molecule has 0 saturated carbocycles. The maximum atomic E-state index is 14.7. The predicted octanol–water partition coefficient (Wildman–Crippen LogP) is 4.33. The number of aliphatic imine (C=N–C) groups is 1. The van der Waals surface area contributed by atoms with Crippen molar-refractivity contribution in [3.8, 4) is 5.75 Å². The largest absolute Gasteiger partial charge is 0.497 e. The van der Waals surface area contributed by atoms with Crippen LogP contribution in [-0.2, 0) is 6.42 Å². The molecule has 2 aromatic carbocycles. The Labute approximate surface area is 162 Å². The van der Waals surface area contributed by atoms with Gasteiger partial charge in [-0.1, -0.05) is 18.2 Å². The van der Waals surface area contributed by atoms with Crippen molar-refractivity contribution in [1.82, 2.24) is 9.97 Å². The van der Waals surface area contributed by atoms with Crippen LogP contribution in [0.15, 0.2) is 47.5 Å². The van der Waals surface area contributed by atoms with E-state index in [9.17, 15) is 4.39 Å². The van der Waals surface area contributed by atoms with Gasteiger partial charge in [0.25, 0.3) is 0 Å². The topological polar surface area (TPSA) is 50.6 Å². The van der Waals surface area contributed by atoms with Gasteiger partial charge in [-0.15, -0.1) is 0 Å². The molecule has 0 bridgehead atoms. The zero-order valence-electron chi connectivity index (χ0n) is 15.5. The molecular formula is C22H19FN4O. The van der Waals surface area contributed by atoms with Gasteiger partial charge in [0.15, 0.2) is 5.82 Å². The lowest BCUT2D eigenvalue weighted by atomic mass is 10.1. The second-order valence-corrected chi connectivity index (χ2v) is 6.89. The molecule has 2 aliphatic rings. The molecule has 28 heavy (non-hydrogen) atoms. The fourth-order valence-electron chi connectivity index (χ4n) is 3.83. The summed E-state index contributed by atoms with van der Waals surface area (Å²) in [6, 6.07) is 10.9. The van der Waals surface area contributed by atoms with Gasteiger partial charge in [0.05, 0.1) is 18.3 Å². The average molecular weight is 374 g/mol. The number of fused-ring (bicyclic) bond motifs is 2. The molecule has 1 aromatic heterocycles. The molecular weight excluding hydrogens is 355 g/mol. The highest BCUT2D eigenvalue weighted by molar-refractivity contribution is 6.09. The lowest BCUT2D eigenvalue weighted by molar-refractivity contribution is 0.415. The SMILES string of the molecule is COc1ccc2nc(C3=CCCN=C3)nc(N3CCc4cccc(F)c43)c2c1. The molecule has 0 aliphatic carbocycles. The fraction of sp³-hybridized carbons (Fsp3) is 0.227. The van der Waals surface area contributed by atoms with Gasteiger partial charge in [0.2, 0.25) is 0 Å². The molecule has 0 spiro atoms. The van der Waals surface area contributed by atoms with E-state index in [0.29, 0.717) is 23.9 Å². The van der Waals surface area contributed by atoms with Crippen molar-refractivity contribution in [2.75, 3.05) is 25.1 Å². The highest BCUT2D eigenvalue weighted by atomic mass is 19.1. The normalized spacial score (nSPS) is 15.6. The van der Waals surface area contributed by atoms with Gasteiger partial charge in [0, 0.05) is 30.3 Å². The molecule has 3 heterocycles. The summed E-state index contributed by atoms with van der Waals surface area (Å²) in [7, 11) is 1.63. The molecule has 5 rings (SSSR count). The summed E-state index contributed by atoms with van der Waals surface area (Å²) in [5, 5.41) is 0.840. The Kier molecular flexibility index (Phi) is 4.04. The molecule has 0 radical (unpaired) electrons. The summed E-state index contributed by atoms with van der Waals surface area (Å²) in [6.07, 6.45) is 5.56. The predicted molar refractivity (Wildman–Crippen MR) is 109 cm³/mol. The molecule has 0 fully saturated rings. The Morgan fingerprint density at radius 1 is 1.14 bits per heavy atom. The molecule has 3 aromatic rings. The van der Waals surface area contributed by atoms with E-state index in [1.807, 2.05) is 35.4 Å². The van der Waals surface area contributed by atoms with Crippen LogP contribution in [-0.4, -0.2) is 36.4 Å². The minimum absolute atomic E-state index is 0.232. The molecule has 140 valence electrons. The molecule has 0 unspecified atom stereocenters. The first-order valence-corrected chi connectivity index (χ1v) is 9.35. The number of allylic oxidation sites excluding steroid dienone is 1. The first kappa shape index (κ1) is 16.9. The number of rotatable bonds is 3. The van der Waals surface area contributed by atoms with Crippen LogP contribution >= 0.6 is 0 Å². The smallest absolute Gasteiger partial charge is 0.163 e. The third kappa shape index (κ3) is 2.72. The maximum absolute atomic E-state index is 14.7. The monoisotopic (exact) mass is 374 g/mol. The molecule has 5 nitrogen and oxygen atoms in total. The summed E-state index contributed by atoms with van der Waals surface area (Å²) >= 11 is 0. The average Bonchev–Trinajstić information content (AvgIpc) is 3.18. The molecule has 0 N–H and O–H groups in total. The maximum Gasteiger partial charge on any atom is 0.163 e. The zero-order chi connectivity index (χ0) is 19.1. The standard InChI is InChI=1S/C22H19FN4O/c1-28-16-7-8-19-17(12-16)22(26-21(25-19)15-5-3-10-24-13-15)27-11-9-14-4-2-6-18(23)20(14)27/h2,4-8,12-13H,3,9-11H2,1H3. The number of methoxy groups -OCH3 is 1. The van der Waals surface area contributed by atoms with Gasteiger partial charge < -0.3 is 9.64 Å². The van der Waals surface area contributed by atoms with Crippen LogP contribution in [0, 0.1) is 5.82 Å². The Morgan fingerprint density at radius 3 is 2.89 bits per heavy atom. The van der Waals surface area contributed by atoms with E-state index in [4.69, 9.17) is 14.7 Å². The van der Waals surface area contributed by atoms with Crippen molar-refractivity contribution in [2.45, 2.75) is 12.8 Å². The number of dihydropyridines is 1. The number of anilines is 2. The Hall–Kier alpha value is -3.28. The Bertz CT molecular complexity index is 1140. The quantitative estimate of drug-likeness (QED) is 0.685. The number of hydrogen-bond acceptors (Lipinski definition) is 5. The van der Waals surface area contributed by atoms with Crippen molar-refractivity contribution in [1.29, 1.82) is 0 Å². The highest BCUT2D eigenvalue weighted by Crippen LogP contribution is 2.39. The number of para-hydroxylation sites is 1. The van der Waals surface area contributed by atoms with Gasteiger partial charge in [-0.25, -0.2) is 14.4 Å². The van der Waals surface area contributed by atoms with Gasteiger partial charge in [0.1, 0.15) is 17.4 Å². The first-order valence-electron chi connectivity index (χ1n) is 9.35. The third-order valence-electron chi connectivity index (χ3n) is 5.19. The van der Waals surface area contributed by atoms with E-state index in [2.05, 4.69) is 11.1 Å². The summed E-state index contributed by atoms with van der Waals surface area (Å²) in [6.45, 7) is 1.46. The second-order valence-electron chi connectivity index (χ2n) is 6.89. The molecule has 0 amide bonds. The summed E-state index contributed by atoms with van der Waals surface area (Å²) in [5.74, 6) is 1.80. The number of aromatic nitrogens is 2. The minimum Gasteiger partial charge on any atom is -0.497 e. The van der Waals surface area contributed by atoms with Crippen LogP contribution in [0.2, 0.25) is 0 Å². The van der Waals surface area contributed by atoms with Crippen LogP contribution in [0.25, 0.3) is 16.5 Å². The second kappa shape index (κ2) is 6.71. The van der Waals surface area contributed by atoms with Gasteiger partial charge in [-0.3, -0.25) is 4.99 Å². The van der Waals surface area contributed by atoms with Crippen LogP contribution < -0.4 is 9.64 Å². The van der Waals surface area contributed by atoms with Crippen molar-refractivity contribution >= 4 is 34.2 Å². The molecule has 6 heteroatoms. The van der Waals surface area contributed by atoms with E-state index >= 15 is 0 Å². The number of halogens is 1. The Morgan fingerprint density at radius 2 is 2.07 bits per heavy atom. The third-order valence-corrected chi connectivity index (χ3v) is 5.19. The van der Waals surface area contributed by atoms with E-state index in [-0.39, 0.29) is 5.82 Å². The number of nitrogens with zero attached hydrogens (tertiary/aromatic N) is 4. The van der Waals surface area contributed by atoms with E-state index in [1.165, 1.54) is 6.07 Å². The molecule has 0 saturated heterocycles. The van der Waals surface area contributed by atoms with E-state index < -0.39 is 0 Å². The van der Waals surface area contributed by atoms with Crippen LogP contribution in [0.3, 0.4) is 0 Å². The van der Waals surface area contributed by atoms with E-state index in [1.54, 1.807) is 13.2 Å². The van der Waals surface area contributed by atoms with Gasteiger partial charge in [-0.2, -0.15) is 0 Å². The van der Waals surface area contributed by atoms with Crippen LogP contribution in [0.4, 0.5) is 15.9 Å². The highest BCUT2D eigenvalue weighted by Gasteiger charge is 2.27. The minimum atomic E-state index is -0.232. The lowest BCUT2D eigenvalue weighted by Gasteiger charge is -2.22.